The SMILES string of the molecule is COc1ccc(OC)c([C@H]2CCCN2CC(=O)Nc2cccc(C(F)(F)F)c2)c1. The second kappa shape index (κ2) is 8.73. The predicted molar refractivity (Wildman–Crippen MR) is 103 cm³/mol. The molecule has 1 fully saturated rings. The second-order valence-corrected chi connectivity index (χ2v) is 6.86. The van der Waals surface area contributed by atoms with Gasteiger partial charge in [0.1, 0.15) is 11.5 Å². The zero-order valence-electron chi connectivity index (χ0n) is 16.3. The number of methoxy groups -OCH3 is 2. The van der Waals surface area contributed by atoms with Crippen molar-refractivity contribution in [1.82, 2.24) is 4.90 Å². The van der Waals surface area contributed by atoms with Crippen molar-refractivity contribution in [3.05, 3.63) is 53.6 Å². The van der Waals surface area contributed by atoms with E-state index in [2.05, 4.69) is 5.32 Å². The van der Waals surface area contributed by atoms with Crippen LogP contribution in [0.5, 0.6) is 11.5 Å². The lowest BCUT2D eigenvalue weighted by Crippen LogP contribution is -2.33. The van der Waals surface area contributed by atoms with Gasteiger partial charge >= 0.3 is 6.18 Å². The van der Waals surface area contributed by atoms with Crippen LogP contribution in [0.3, 0.4) is 0 Å². The minimum atomic E-state index is -4.45. The summed E-state index contributed by atoms with van der Waals surface area (Å²) in [6, 6.07) is 10.1. The molecule has 1 aliphatic heterocycles. The van der Waals surface area contributed by atoms with Crippen molar-refractivity contribution >= 4 is 11.6 Å². The summed E-state index contributed by atoms with van der Waals surface area (Å²) >= 11 is 0. The van der Waals surface area contributed by atoms with Gasteiger partial charge in [0.25, 0.3) is 0 Å². The molecule has 1 amide bonds. The predicted octanol–water partition coefficient (Wildman–Crippen LogP) is 4.50. The maximum atomic E-state index is 12.9. The van der Waals surface area contributed by atoms with E-state index < -0.39 is 11.7 Å². The molecule has 5 nitrogen and oxygen atoms in total. The monoisotopic (exact) mass is 408 g/mol. The molecule has 2 aromatic rings. The molecule has 0 bridgehead atoms. The molecule has 1 aliphatic rings. The van der Waals surface area contributed by atoms with E-state index in [1.165, 1.54) is 12.1 Å². The van der Waals surface area contributed by atoms with E-state index in [-0.39, 0.29) is 24.2 Å². The largest absolute Gasteiger partial charge is 0.497 e. The number of anilines is 1. The third kappa shape index (κ3) is 5.00. The first kappa shape index (κ1) is 21.0. The highest BCUT2D eigenvalue weighted by Crippen LogP contribution is 2.38. The molecule has 8 heteroatoms. The van der Waals surface area contributed by atoms with E-state index in [1.807, 2.05) is 23.1 Å². The summed E-state index contributed by atoms with van der Waals surface area (Å²) in [7, 11) is 3.17. The van der Waals surface area contributed by atoms with Gasteiger partial charge in [-0.25, -0.2) is 0 Å². The number of rotatable bonds is 6. The van der Waals surface area contributed by atoms with E-state index in [0.29, 0.717) is 18.0 Å². The summed E-state index contributed by atoms with van der Waals surface area (Å²) in [6.07, 6.45) is -2.70. The van der Waals surface area contributed by atoms with Crippen molar-refractivity contribution in [2.24, 2.45) is 0 Å². The topological polar surface area (TPSA) is 50.8 Å². The van der Waals surface area contributed by atoms with Crippen molar-refractivity contribution < 1.29 is 27.4 Å². The molecule has 0 unspecified atom stereocenters. The zero-order chi connectivity index (χ0) is 21.0. The van der Waals surface area contributed by atoms with E-state index in [4.69, 9.17) is 9.47 Å². The molecule has 1 atom stereocenters. The van der Waals surface area contributed by atoms with Gasteiger partial charge in [0.05, 0.1) is 26.3 Å². The smallest absolute Gasteiger partial charge is 0.416 e. The van der Waals surface area contributed by atoms with Gasteiger partial charge in [-0.3, -0.25) is 9.69 Å². The van der Waals surface area contributed by atoms with Gasteiger partial charge in [-0.1, -0.05) is 6.07 Å². The van der Waals surface area contributed by atoms with Crippen molar-refractivity contribution in [3.8, 4) is 11.5 Å². The van der Waals surface area contributed by atoms with Crippen molar-refractivity contribution in [1.29, 1.82) is 0 Å². The number of carbonyl (C=O) groups excluding carboxylic acids is 1. The Morgan fingerprint density at radius 1 is 1.17 bits per heavy atom. The fraction of sp³-hybridized carbons (Fsp3) is 0.381. The lowest BCUT2D eigenvalue weighted by atomic mass is 10.0. The van der Waals surface area contributed by atoms with Gasteiger partial charge in [0, 0.05) is 17.3 Å². The molecule has 0 aromatic heterocycles. The number of benzene rings is 2. The number of likely N-dealkylation sites (tertiary alicyclic amines) is 1. The molecular formula is C21H23F3N2O3. The Morgan fingerprint density at radius 2 is 1.97 bits per heavy atom. The Labute approximate surface area is 167 Å². The molecular weight excluding hydrogens is 385 g/mol. The molecule has 156 valence electrons. The van der Waals surface area contributed by atoms with E-state index >= 15 is 0 Å². The number of ether oxygens (including phenoxy) is 2. The van der Waals surface area contributed by atoms with Crippen LogP contribution >= 0.6 is 0 Å². The van der Waals surface area contributed by atoms with Crippen LogP contribution in [0.15, 0.2) is 42.5 Å². The first-order chi connectivity index (χ1) is 13.8. The molecule has 1 heterocycles. The molecule has 0 aliphatic carbocycles. The highest BCUT2D eigenvalue weighted by Gasteiger charge is 2.32. The standard InChI is InChI=1S/C21H23F3N2O3/c1-28-16-8-9-19(29-2)17(12-16)18-7-4-10-26(18)13-20(27)25-15-6-3-5-14(11-15)21(22,23)24/h3,5-6,8-9,11-12,18H,4,7,10,13H2,1-2H3,(H,25,27)/t18-/m1/s1. The minimum Gasteiger partial charge on any atom is -0.497 e. The summed E-state index contributed by atoms with van der Waals surface area (Å²) in [5.74, 6) is 1.04. The molecule has 3 rings (SSSR count). The van der Waals surface area contributed by atoms with Crippen LogP contribution in [0.4, 0.5) is 18.9 Å². The Kier molecular flexibility index (Phi) is 6.32. The number of nitrogens with zero attached hydrogens (tertiary/aromatic N) is 1. The maximum Gasteiger partial charge on any atom is 0.416 e. The fourth-order valence-corrected chi connectivity index (χ4v) is 3.63. The number of halogens is 3. The number of carbonyl (C=O) groups is 1. The molecule has 0 radical (unpaired) electrons. The van der Waals surface area contributed by atoms with Crippen LogP contribution < -0.4 is 14.8 Å². The van der Waals surface area contributed by atoms with Gasteiger partial charge < -0.3 is 14.8 Å². The Hall–Kier alpha value is -2.74. The third-order valence-corrected chi connectivity index (χ3v) is 4.98. The van der Waals surface area contributed by atoms with E-state index in [9.17, 15) is 18.0 Å². The molecule has 1 saturated heterocycles. The van der Waals surface area contributed by atoms with Crippen LogP contribution in [-0.2, 0) is 11.0 Å². The molecule has 2 aromatic carbocycles. The number of nitrogens with one attached hydrogen (secondary N) is 1. The molecule has 0 spiro atoms. The Bertz CT molecular complexity index is 870. The average molecular weight is 408 g/mol. The van der Waals surface area contributed by atoms with Gasteiger partial charge in [0.15, 0.2) is 0 Å². The summed E-state index contributed by atoms with van der Waals surface area (Å²) in [6.45, 7) is 0.780. The maximum absolute atomic E-state index is 12.9. The molecule has 1 N–H and O–H groups in total. The third-order valence-electron chi connectivity index (χ3n) is 4.98. The van der Waals surface area contributed by atoms with Crippen LogP contribution in [0, 0.1) is 0 Å². The van der Waals surface area contributed by atoms with Gasteiger partial charge in [-0.05, 0) is 55.8 Å². The first-order valence-electron chi connectivity index (χ1n) is 9.25. The van der Waals surface area contributed by atoms with Crippen molar-refractivity contribution in [3.63, 3.8) is 0 Å². The second-order valence-electron chi connectivity index (χ2n) is 6.86. The van der Waals surface area contributed by atoms with Gasteiger partial charge in [0.2, 0.25) is 5.91 Å². The van der Waals surface area contributed by atoms with Crippen LogP contribution in [0.2, 0.25) is 0 Å². The molecule has 29 heavy (non-hydrogen) atoms. The summed E-state index contributed by atoms with van der Waals surface area (Å²) in [4.78, 5) is 14.5. The summed E-state index contributed by atoms with van der Waals surface area (Å²) in [5, 5.41) is 2.57. The first-order valence-corrected chi connectivity index (χ1v) is 9.25. The van der Waals surface area contributed by atoms with Crippen LogP contribution in [0.1, 0.15) is 30.0 Å². The number of hydrogen-bond acceptors (Lipinski definition) is 4. The fourth-order valence-electron chi connectivity index (χ4n) is 3.63. The lowest BCUT2D eigenvalue weighted by molar-refractivity contribution is -0.137. The van der Waals surface area contributed by atoms with Gasteiger partial charge in [-0.15, -0.1) is 0 Å². The van der Waals surface area contributed by atoms with Crippen molar-refractivity contribution in [2.75, 3.05) is 32.6 Å². The minimum absolute atomic E-state index is 0.0349. The highest BCUT2D eigenvalue weighted by atomic mass is 19.4. The highest BCUT2D eigenvalue weighted by molar-refractivity contribution is 5.92. The number of alkyl halides is 3. The quantitative estimate of drug-likeness (QED) is 0.765. The number of amides is 1. The summed E-state index contributed by atoms with van der Waals surface area (Å²) < 4.78 is 49.4. The van der Waals surface area contributed by atoms with Crippen LogP contribution in [0.25, 0.3) is 0 Å². The zero-order valence-corrected chi connectivity index (χ0v) is 16.3. The average Bonchev–Trinajstić information content (AvgIpc) is 3.14. The normalized spacial score (nSPS) is 17.2. The lowest BCUT2D eigenvalue weighted by Gasteiger charge is -2.26. The van der Waals surface area contributed by atoms with Gasteiger partial charge in [-0.2, -0.15) is 13.2 Å². The Morgan fingerprint density at radius 3 is 2.66 bits per heavy atom. The van der Waals surface area contributed by atoms with E-state index in [1.54, 1.807) is 14.2 Å². The van der Waals surface area contributed by atoms with E-state index in [0.717, 1.165) is 30.5 Å². The summed E-state index contributed by atoms with van der Waals surface area (Å²) in [5.41, 5.74) is 0.256. The number of hydrogen-bond donors (Lipinski definition) is 1. The van der Waals surface area contributed by atoms with Crippen LogP contribution in [-0.4, -0.2) is 38.1 Å². The molecule has 0 saturated carbocycles. The Balaban J connectivity index is 1.72. The van der Waals surface area contributed by atoms with Crippen molar-refractivity contribution in [2.45, 2.75) is 25.1 Å².